The highest BCUT2D eigenvalue weighted by atomic mass is 19.1. The van der Waals surface area contributed by atoms with Gasteiger partial charge in [0.2, 0.25) is 0 Å². The van der Waals surface area contributed by atoms with Crippen molar-refractivity contribution in [3.05, 3.63) is 53.5 Å². The van der Waals surface area contributed by atoms with Crippen molar-refractivity contribution in [2.75, 3.05) is 19.9 Å². The molecule has 1 aliphatic rings. The molecule has 7 heteroatoms. The number of carbonyl (C=O) groups is 1. The van der Waals surface area contributed by atoms with E-state index in [-0.39, 0.29) is 23.2 Å². The highest BCUT2D eigenvalue weighted by molar-refractivity contribution is 6.02. The average molecular weight is 384 g/mol. The number of rotatable bonds is 6. The van der Waals surface area contributed by atoms with Gasteiger partial charge in [-0.05, 0) is 31.4 Å². The lowest BCUT2D eigenvalue weighted by Gasteiger charge is -2.27. The van der Waals surface area contributed by atoms with Crippen LogP contribution in [-0.2, 0) is 4.79 Å². The molecule has 2 aromatic carbocycles. The number of ether oxygens (including phenoxy) is 1. The van der Waals surface area contributed by atoms with Crippen LogP contribution < -0.4 is 26.8 Å². The minimum Gasteiger partial charge on any atom is -0.496 e. The molecular formula is C21H25FN4O2. The third-order valence-electron chi connectivity index (χ3n) is 5.04. The summed E-state index contributed by atoms with van der Waals surface area (Å²) in [6.07, 6.45) is 3.02. The molecule has 0 bridgehead atoms. The molecule has 1 fully saturated rings. The van der Waals surface area contributed by atoms with Crippen molar-refractivity contribution in [1.82, 2.24) is 10.6 Å². The minimum absolute atomic E-state index is 0.0405. The van der Waals surface area contributed by atoms with Crippen LogP contribution in [0.1, 0.15) is 24.8 Å². The summed E-state index contributed by atoms with van der Waals surface area (Å²) in [6.45, 7) is 0. The van der Waals surface area contributed by atoms with Crippen LogP contribution in [0.25, 0.3) is 16.8 Å². The van der Waals surface area contributed by atoms with Gasteiger partial charge in [-0.3, -0.25) is 4.79 Å². The van der Waals surface area contributed by atoms with E-state index in [1.807, 2.05) is 0 Å². The number of nitrogens with one attached hydrogen (secondary N) is 2. The molecule has 0 saturated heterocycles. The number of hydrogen-bond acceptors (Lipinski definition) is 5. The van der Waals surface area contributed by atoms with Crippen molar-refractivity contribution >= 4 is 17.3 Å². The highest BCUT2D eigenvalue weighted by Gasteiger charge is 2.23. The molecule has 0 heterocycles. The largest absolute Gasteiger partial charge is 0.496 e. The third kappa shape index (κ3) is 3.60. The van der Waals surface area contributed by atoms with Gasteiger partial charge in [0.15, 0.2) is 0 Å². The lowest BCUT2D eigenvalue weighted by Crippen LogP contribution is -2.42. The van der Waals surface area contributed by atoms with Crippen molar-refractivity contribution in [2.45, 2.75) is 25.3 Å². The molecule has 0 aliphatic heterocycles. The van der Waals surface area contributed by atoms with Crippen LogP contribution >= 0.6 is 0 Å². The normalized spacial score (nSPS) is 14.7. The molecule has 0 radical (unpaired) electrons. The number of anilines is 1. The van der Waals surface area contributed by atoms with Crippen molar-refractivity contribution in [1.29, 1.82) is 0 Å². The van der Waals surface area contributed by atoms with Gasteiger partial charge in [0.1, 0.15) is 17.3 Å². The lowest BCUT2D eigenvalue weighted by molar-refractivity contribution is -0.118. The number of para-hydroxylation sites is 1. The zero-order chi connectivity index (χ0) is 20.3. The van der Waals surface area contributed by atoms with Crippen LogP contribution in [0.3, 0.4) is 0 Å². The van der Waals surface area contributed by atoms with E-state index in [4.69, 9.17) is 16.2 Å². The van der Waals surface area contributed by atoms with Crippen LogP contribution in [0, 0.1) is 5.82 Å². The van der Waals surface area contributed by atoms with Gasteiger partial charge in [0, 0.05) is 29.9 Å². The Morgan fingerprint density at radius 2 is 1.93 bits per heavy atom. The van der Waals surface area contributed by atoms with Gasteiger partial charge in [-0.2, -0.15) is 0 Å². The van der Waals surface area contributed by atoms with E-state index in [2.05, 4.69) is 10.6 Å². The summed E-state index contributed by atoms with van der Waals surface area (Å²) in [5.41, 5.74) is 14.5. The Balaban J connectivity index is 2.06. The van der Waals surface area contributed by atoms with Gasteiger partial charge in [-0.1, -0.05) is 24.3 Å². The Kier molecular flexibility index (Phi) is 5.73. The molecule has 28 heavy (non-hydrogen) atoms. The Morgan fingerprint density at radius 1 is 1.21 bits per heavy atom. The van der Waals surface area contributed by atoms with E-state index >= 15 is 0 Å². The average Bonchev–Trinajstić information content (AvgIpc) is 2.66. The molecule has 0 unspecified atom stereocenters. The van der Waals surface area contributed by atoms with Crippen LogP contribution in [-0.4, -0.2) is 26.1 Å². The maximum atomic E-state index is 14.5. The van der Waals surface area contributed by atoms with Crippen LogP contribution in [0.15, 0.2) is 42.1 Å². The molecule has 1 aliphatic carbocycles. The van der Waals surface area contributed by atoms with Crippen LogP contribution in [0.4, 0.5) is 10.1 Å². The number of carbonyl (C=O) groups excluding carboxylic acids is 1. The smallest absolute Gasteiger partial charge is 0.269 e. The summed E-state index contributed by atoms with van der Waals surface area (Å²) in [4.78, 5) is 12.5. The second kappa shape index (κ2) is 8.21. The second-order valence-corrected chi connectivity index (χ2v) is 6.72. The Hall–Kier alpha value is -3.22. The first-order valence-corrected chi connectivity index (χ1v) is 9.18. The number of nitrogens with two attached hydrogens (primary N) is 2. The zero-order valence-corrected chi connectivity index (χ0v) is 16.0. The summed E-state index contributed by atoms with van der Waals surface area (Å²) in [5.74, 6) is -0.425. The van der Waals surface area contributed by atoms with E-state index in [0.29, 0.717) is 28.3 Å². The van der Waals surface area contributed by atoms with Gasteiger partial charge in [0.25, 0.3) is 5.91 Å². The fourth-order valence-electron chi connectivity index (χ4n) is 3.28. The molecule has 148 valence electrons. The molecule has 0 aromatic heterocycles. The SMILES string of the molecule is CN/C(=C(/N)C(=O)NC1CCC1)c1cccc(-c2c(F)cccc2OC)c1N. The third-order valence-corrected chi connectivity index (χ3v) is 5.04. The fraction of sp³-hybridized carbons (Fsp3) is 0.286. The quantitative estimate of drug-likeness (QED) is 0.453. The van der Waals surface area contributed by atoms with Gasteiger partial charge in [-0.25, -0.2) is 4.39 Å². The fourth-order valence-corrected chi connectivity index (χ4v) is 3.28. The van der Waals surface area contributed by atoms with E-state index < -0.39 is 5.82 Å². The minimum atomic E-state index is -0.450. The zero-order valence-electron chi connectivity index (χ0n) is 16.0. The van der Waals surface area contributed by atoms with E-state index in [1.165, 1.54) is 13.2 Å². The van der Waals surface area contributed by atoms with Crippen molar-refractivity contribution in [3.63, 3.8) is 0 Å². The maximum absolute atomic E-state index is 14.5. The molecule has 0 atom stereocenters. The first-order chi connectivity index (χ1) is 13.5. The molecule has 1 saturated carbocycles. The van der Waals surface area contributed by atoms with Gasteiger partial charge in [0.05, 0.1) is 18.4 Å². The number of methoxy groups -OCH3 is 1. The number of halogens is 1. The molecular weight excluding hydrogens is 359 g/mol. The van der Waals surface area contributed by atoms with Crippen molar-refractivity contribution in [3.8, 4) is 16.9 Å². The second-order valence-electron chi connectivity index (χ2n) is 6.72. The van der Waals surface area contributed by atoms with Crippen molar-refractivity contribution in [2.24, 2.45) is 5.73 Å². The summed E-state index contributed by atoms with van der Waals surface area (Å²) >= 11 is 0. The molecule has 3 rings (SSSR count). The Labute approximate surface area is 163 Å². The molecule has 1 amide bonds. The Bertz CT molecular complexity index is 923. The molecule has 0 spiro atoms. The summed E-state index contributed by atoms with van der Waals surface area (Å²) in [6, 6.07) is 9.93. The van der Waals surface area contributed by atoms with Crippen molar-refractivity contribution < 1.29 is 13.9 Å². The number of nitrogen functional groups attached to an aromatic ring is 1. The summed E-state index contributed by atoms with van der Waals surface area (Å²) in [5, 5.41) is 5.87. The Morgan fingerprint density at radius 3 is 2.54 bits per heavy atom. The van der Waals surface area contributed by atoms with E-state index in [9.17, 15) is 9.18 Å². The first kappa shape index (κ1) is 19.5. The summed E-state index contributed by atoms with van der Waals surface area (Å²) < 4.78 is 19.8. The van der Waals surface area contributed by atoms with E-state index in [0.717, 1.165) is 19.3 Å². The van der Waals surface area contributed by atoms with Gasteiger partial charge >= 0.3 is 0 Å². The predicted molar refractivity (Wildman–Crippen MR) is 109 cm³/mol. The number of amides is 1. The monoisotopic (exact) mass is 384 g/mol. The first-order valence-electron chi connectivity index (χ1n) is 9.18. The standard InChI is InChI=1S/C21H25FN4O2/c1-25-20(19(24)21(27)26-12-6-3-7-12)14-9-4-8-13(18(14)23)17-15(22)10-5-11-16(17)28-2/h4-5,8-12,25H,3,6-7,23-24H2,1-2H3,(H,26,27)/b20-19+. The maximum Gasteiger partial charge on any atom is 0.269 e. The van der Waals surface area contributed by atoms with Crippen LogP contribution in [0.5, 0.6) is 5.75 Å². The number of benzene rings is 2. The number of hydrogen-bond donors (Lipinski definition) is 4. The summed E-state index contributed by atoms with van der Waals surface area (Å²) in [7, 11) is 3.13. The lowest BCUT2D eigenvalue weighted by atomic mass is 9.93. The van der Waals surface area contributed by atoms with Gasteiger partial charge < -0.3 is 26.8 Å². The van der Waals surface area contributed by atoms with E-state index in [1.54, 1.807) is 37.4 Å². The van der Waals surface area contributed by atoms with Gasteiger partial charge in [-0.15, -0.1) is 0 Å². The highest BCUT2D eigenvalue weighted by Crippen LogP contribution is 2.38. The topological polar surface area (TPSA) is 102 Å². The predicted octanol–water partition coefficient (Wildman–Crippen LogP) is 2.60. The van der Waals surface area contributed by atoms with Crippen LogP contribution in [0.2, 0.25) is 0 Å². The molecule has 6 nitrogen and oxygen atoms in total. The molecule has 6 N–H and O–H groups in total. The molecule has 2 aromatic rings.